The van der Waals surface area contributed by atoms with Gasteiger partial charge in [-0.05, 0) is 62.6 Å². The number of benzene rings is 2. The first kappa shape index (κ1) is 23.9. The smallest absolute Gasteiger partial charge is 0.416 e. The van der Waals surface area contributed by atoms with E-state index in [1.807, 2.05) is 13.8 Å². The molecule has 32 heavy (non-hydrogen) atoms. The zero-order valence-corrected chi connectivity index (χ0v) is 18.7. The minimum absolute atomic E-state index is 0.0210. The van der Waals surface area contributed by atoms with Crippen LogP contribution in [-0.2, 0) is 27.6 Å². The first-order valence-electron chi connectivity index (χ1n) is 10.0. The molecule has 3 rings (SSSR count). The number of nitrogens with zero attached hydrogens (tertiary/aromatic N) is 1. The maximum Gasteiger partial charge on any atom is 0.416 e. The number of halogens is 3. The Morgan fingerprint density at radius 1 is 1.12 bits per heavy atom. The summed E-state index contributed by atoms with van der Waals surface area (Å²) in [5.41, 5.74) is -0.503. The standard InChI is InChI=1S/C22H24F3NO5S/c1-14(2)26(21(27)16-8-9-16)13-15-7-10-19(30-3)20(11-15)31-32(28,29)18-6-4-5-17(12-18)22(23,24)25/h4-7,10-12,14,16H,8-9,13H2,1-3H3. The molecule has 0 spiro atoms. The third kappa shape index (κ3) is 5.53. The number of hydrogen-bond donors (Lipinski definition) is 0. The van der Waals surface area contributed by atoms with Crippen LogP contribution >= 0.6 is 0 Å². The summed E-state index contributed by atoms with van der Waals surface area (Å²) in [6.45, 7) is 4.01. The molecule has 0 bridgehead atoms. The number of amides is 1. The topological polar surface area (TPSA) is 72.9 Å². The molecule has 0 atom stereocenters. The summed E-state index contributed by atoms with van der Waals surface area (Å²) >= 11 is 0. The molecule has 0 aromatic heterocycles. The van der Waals surface area contributed by atoms with Gasteiger partial charge < -0.3 is 13.8 Å². The average Bonchev–Trinajstić information content (AvgIpc) is 3.56. The minimum atomic E-state index is -4.70. The monoisotopic (exact) mass is 471 g/mol. The van der Waals surface area contributed by atoms with Gasteiger partial charge in [0.1, 0.15) is 4.90 Å². The van der Waals surface area contributed by atoms with Gasteiger partial charge in [0.25, 0.3) is 0 Å². The van der Waals surface area contributed by atoms with Crippen LogP contribution in [0.1, 0.15) is 37.8 Å². The van der Waals surface area contributed by atoms with Gasteiger partial charge in [-0.1, -0.05) is 12.1 Å². The zero-order chi connectivity index (χ0) is 23.7. The van der Waals surface area contributed by atoms with Crippen LogP contribution in [0.25, 0.3) is 0 Å². The Hall–Kier alpha value is -2.75. The Kier molecular flexibility index (Phi) is 6.73. The fourth-order valence-electron chi connectivity index (χ4n) is 3.16. The molecule has 10 heteroatoms. The number of alkyl halides is 3. The van der Waals surface area contributed by atoms with Crippen molar-refractivity contribution in [2.75, 3.05) is 7.11 Å². The van der Waals surface area contributed by atoms with Gasteiger partial charge in [-0.3, -0.25) is 4.79 Å². The van der Waals surface area contributed by atoms with Crippen molar-refractivity contribution in [2.24, 2.45) is 5.92 Å². The van der Waals surface area contributed by atoms with E-state index in [-0.39, 0.29) is 35.9 Å². The molecule has 1 amide bonds. The Bertz CT molecular complexity index is 1090. The molecule has 2 aromatic rings. The molecule has 6 nitrogen and oxygen atoms in total. The molecule has 0 saturated heterocycles. The second-order valence-electron chi connectivity index (χ2n) is 7.88. The van der Waals surface area contributed by atoms with Gasteiger partial charge in [-0.25, -0.2) is 0 Å². The lowest BCUT2D eigenvalue weighted by molar-refractivity contribution is -0.138. The molecule has 1 aliphatic carbocycles. The molecule has 2 aromatic carbocycles. The zero-order valence-electron chi connectivity index (χ0n) is 17.8. The molecule has 0 unspecified atom stereocenters. The van der Waals surface area contributed by atoms with Crippen LogP contribution < -0.4 is 8.92 Å². The van der Waals surface area contributed by atoms with Crippen LogP contribution in [0.2, 0.25) is 0 Å². The Morgan fingerprint density at radius 2 is 1.81 bits per heavy atom. The van der Waals surface area contributed by atoms with Gasteiger partial charge in [-0.15, -0.1) is 0 Å². The molecule has 174 valence electrons. The summed E-state index contributed by atoms with van der Waals surface area (Å²) in [7, 11) is -3.26. The van der Waals surface area contributed by atoms with Gasteiger partial charge in [0, 0.05) is 18.5 Å². The van der Waals surface area contributed by atoms with Crippen LogP contribution in [0.15, 0.2) is 47.4 Å². The second kappa shape index (κ2) is 9.01. The number of carbonyl (C=O) groups is 1. The van der Waals surface area contributed by atoms with E-state index in [0.717, 1.165) is 31.0 Å². The van der Waals surface area contributed by atoms with E-state index in [1.165, 1.54) is 19.2 Å². The first-order chi connectivity index (χ1) is 14.9. The largest absolute Gasteiger partial charge is 0.493 e. The highest BCUT2D eigenvalue weighted by molar-refractivity contribution is 7.87. The van der Waals surface area contributed by atoms with Crippen molar-refractivity contribution < 1.29 is 35.3 Å². The fourth-order valence-corrected chi connectivity index (χ4v) is 4.13. The minimum Gasteiger partial charge on any atom is -0.493 e. The van der Waals surface area contributed by atoms with Crippen LogP contribution in [0.4, 0.5) is 13.2 Å². The van der Waals surface area contributed by atoms with Crippen molar-refractivity contribution in [3.8, 4) is 11.5 Å². The summed E-state index contributed by atoms with van der Waals surface area (Å²) < 4.78 is 74.6. The lowest BCUT2D eigenvalue weighted by Crippen LogP contribution is -2.37. The number of ether oxygens (including phenoxy) is 1. The molecule has 0 radical (unpaired) electrons. The quantitative estimate of drug-likeness (QED) is 0.525. The molecular formula is C22H24F3NO5S. The number of carbonyl (C=O) groups excluding carboxylic acids is 1. The van der Waals surface area contributed by atoms with E-state index in [2.05, 4.69) is 0 Å². The molecular weight excluding hydrogens is 447 g/mol. The van der Waals surface area contributed by atoms with Crippen molar-refractivity contribution in [3.63, 3.8) is 0 Å². The van der Waals surface area contributed by atoms with Gasteiger partial charge >= 0.3 is 16.3 Å². The molecule has 0 N–H and O–H groups in total. The van der Waals surface area contributed by atoms with Crippen molar-refractivity contribution in [1.29, 1.82) is 0 Å². The van der Waals surface area contributed by atoms with Gasteiger partial charge in [0.2, 0.25) is 5.91 Å². The highest BCUT2D eigenvalue weighted by Gasteiger charge is 2.35. The lowest BCUT2D eigenvalue weighted by Gasteiger charge is -2.27. The Labute approximate surface area is 185 Å². The van der Waals surface area contributed by atoms with Crippen LogP contribution in [0.3, 0.4) is 0 Å². The third-order valence-electron chi connectivity index (χ3n) is 5.06. The Balaban J connectivity index is 1.89. The lowest BCUT2D eigenvalue weighted by atomic mass is 10.1. The summed E-state index contributed by atoms with van der Waals surface area (Å²) in [6, 6.07) is 7.83. The van der Waals surface area contributed by atoms with E-state index >= 15 is 0 Å². The van der Waals surface area contributed by atoms with E-state index in [0.29, 0.717) is 11.6 Å². The normalized spacial score (nSPS) is 14.3. The van der Waals surface area contributed by atoms with Crippen LogP contribution in [0.5, 0.6) is 11.5 Å². The molecule has 1 fully saturated rings. The summed E-state index contributed by atoms with van der Waals surface area (Å²) in [5.74, 6) is -0.0264. The average molecular weight is 471 g/mol. The van der Waals surface area contributed by atoms with E-state index in [9.17, 15) is 26.4 Å². The number of rotatable bonds is 8. The van der Waals surface area contributed by atoms with E-state index in [4.69, 9.17) is 8.92 Å². The number of methoxy groups -OCH3 is 1. The summed E-state index contributed by atoms with van der Waals surface area (Å²) in [6.07, 6.45) is -2.99. The maximum atomic E-state index is 13.0. The first-order valence-corrected chi connectivity index (χ1v) is 11.4. The summed E-state index contributed by atoms with van der Waals surface area (Å²) in [4.78, 5) is 13.6. The third-order valence-corrected chi connectivity index (χ3v) is 6.29. The van der Waals surface area contributed by atoms with Gasteiger partial charge in [0.15, 0.2) is 11.5 Å². The second-order valence-corrected chi connectivity index (χ2v) is 9.43. The van der Waals surface area contributed by atoms with Crippen molar-refractivity contribution in [1.82, 2.24) is 4.90 Å². The molecule has 1 saturated carbocycles. The summed E-state index contributed by atoms with van der Waals surface area (Å²) in [5, 5.41) is 0. The Morgan fingerprint density at radius 3 is 2.38 bits per heavy atom. The van der Waals surface area contributed by atoms with Crippen molar-refractivity contribution in [2.45, 2.75) is 50.3 Å². The SMILES string of the molecule is COc1ccc(CN(C(=O)C2CC2)C(C)C)cc1OS(=O)(=O)c1cccc(C(F)(F)F)c1. The van der Waals surface area contributed by atoms with E-state index < -0.39 is 26.8 Å². The maximum absolute atomic E-state index is 13.0. The molecule has 0 heterocycles. The van der Waals surface area contributed by atoms with Crippen LogP contribution in [0, 0.1) is 5.92 Å². The van der Waals surface area contributed by atoms with E-state index in [1.54, 1.807) is 11.0 Å². The molecule has 0 aliphatic heterocycles. The number of hydrogen-bond acceptors (Lipinski definition) is 5. The van der Waals surface area contributed by atoms with Gasteiger partial charge in [0.05, 0.1) is 12.7 Å². The predicted molar refractivity (Wildman–Crippen MR) is 111 cm³/mol. The van der Waals surface area contributed by atoms with Gasteiger partial charge in [-0.2, -0.15) is 21.6 Å². The fraction of sp³-hybridized carbons (Fsp3) is 0.409. The highest BCUT2D eigenvalue weighted by Crippen LogP contribution is 2.35. The predicted octanol–water partition coefficient (Wildman–Crippen LogP) is 4.63. The van der Waals surface area contributed by atoms with Crippen molar-refractivity contribution in [3.05, 3.63) is 53.6 Å². The highest BCUT2D eigenvalue weighted by atomic mass is 32.2. The molecule has 1 aliphatic rings. The van der Waals surface area contributed by atoms with Crippen LogP contribution in [-0.4, -0.2) is 32.4 Å². The van der Waals surface area contributed by atoms with Crippen molar-refractivity contribution >= 4 is 16.0 Å².